The van der Waals surface area contributed by atoms with E-state index in [9.17, 15) is 14.4 Å². The number of carbonyl (C=O) groups is 3. The van der Waals surface area contributed by atoms with Crippen molar-refractivity contribution in [2.24, 2.45) is 5.73 Å². The highest BCUT2D eigenvalue weighted by atomic mass is 16.5. The van der Waals surface area contributed by atoms with Crippen molar-refractivity contribution in [3.8, 4) is 5.75 Å². The Labute approximate surface area is 175 Å². The van der Waals surface area contributed by atoms with Crippen molar-refractivity contribution in [3.05, 3.63) is 59.7 Å². The van der Waals surface area contributed by atoms with E-state index in [1.165, 1.54) is 0 Å². The molecule has 2 atom stereocenters. The van der Waals surface area contributed by atoms with Gasteiger partial charge in [-0.3, -0.25) is 14.4 Å². The van der Waals surface area contributed by atoms with Crippen LogP contribution in [0.25, 0.3) is 0 Å². The number of amides is 3. The van der Waals surface area contributed by atoms with Crippen molar-refractivity contribution in [3.63, 3.8) is 0 Å². The number of carbonyl (C=O) groups excluding carboxylic acids is 3. The van der Waals surface area contributed by atoms with Crippen molar-refractivity contribution in [2.75, 3.05) is 19.0 Å². The number of anilines is 1. The number of methoxy groups -OCH3 is 1. The quantitative estimate of drug-likeness (QED) is 0.768. The molecule has 0 aliphatic carbocycles. The van der Waals surface area contributed by atoms with E-state index in [0.29, 0.717) is 25.1 Å². The summed E-state index contributed by atoms with van der Waals surface area (Å²) in [4.78, 5) is 39.3. The molecule has 0 unspecified atom stereocenters. The number of hydrogen-bond donors (Lipinski definition) is 2. The van der Waals surface area contributed by atoms with E-state index in [0.717, 1.165) is 16.8 Å². The maximum atomic E-state index is 13.3. The Morgan fingerprint density at radius 3 is 2.77 bits per heavy atom. The summed E-state index contributed by atoms with van der Waals surface area (Å²) in [6, 6.07) is 14.7. The molecule has 2 aromatic carbocycles. The van der Waals surface area contributed by atoms with Crippen LogP contribution in [-0.4, -0.2) is 36.3 Å². The number of para-hydroxylation sites is 1. The molecule has 2 heterocycles. The Balaban J connectivity index is 1.77. The van der Waals surface area contributed by atoms with Gasteiger partial charge in [0.2, 0.25) is 17.7 Å². The summed E-state index contributed by atoms with van der Waals surface area (Å²) in [6.45, 7) is 0.457. The second kappa shape index (κ2) is 7.82. The maximum absolute atomic E-state index is 13.3. The normalized spacial score (nSPS) is 22.1. The highest BCUT2D eigenvalue weighted by Gasteiger charge is 2.59. The predicted molar refractivity (Wildman–Crippen MR) is 112 cm³/mol. The molecule has 7 nitrogen and oxygen atoms in total. The van der Waals surface area contributed by atoms with Crippen molar-refractivity contribution >= 4 is 23.4 Å². The van der Waals surface area contributed by atoms with Crippen LogP contribution >= 0.6 is 0 Å². The Bertz CT molecular complexity index is 1010. The molecular formula is C23H25N3O4. The van der Waals surface area contributed by atoms with Gasteiger partial charge >= 0.3 is 0 Å². The third kappa shape index (κ3) is 3.20. The largest absolute Gasteiger partial charge is 0.497 e. The van der Waals surface area contributed by atoms with Gasteiger partial charge in [-0.15, -0.1) is 0 Å². The maximum Gasteiger partial charge on any atom is 0.237 e. The van der Waals surface area contributed by atoms with Gasteiger partial charge in [-0.25, -0.2) is 0 Å². The van der Waals surface area contributed by atoms with Crippen LogP contribution in [0.5, 0.6) is 5.75 Å². The fourth-order valence-electron chi connectivity index (χ4n) is 4.79. The number of nitrogens with two attached hydrogens (primary N) is 1. The molecule has 1 saturated heterocycles. The van der Waals surface area contributed by atoms with Gasteiger partial charge in [0.15, 0.2) is 0 Å². The minimum Gasteiger partial charge on any atom is -0.497 e. The summed E-state index contributed by atoms with van der Waals surface area (Å²) in [5.74, 6) is 0.0681. The predicted octanol–water partition coefficient (Wildman–Crippen LogP) is 2.51. The lowest BCUT2D eigenvalue weighted by Crippen LogP contribution is -2.42. The summed E-state index contributed by atoms with van der Waals surface area (Å²) >= 11 is 0. The number of hydrogen-bond acceptors (Lipinski definition) is 4. The molecule has 1 fully saturated rings. The number of ether oxygens (including phenoxy) is 1. The van der Waals surface area contributed by atoms with Crippen LogP contribution in [0.3, 0.4) is 0 Å². The number of benzene rings is 2. The van der Waals surface area contributed by atoms with E-state index in [4.69, 9.17) is 10.5 Å². The minimum absolute atomic E-state index is 0.0851. The van der Waals surface area contributed by atoms with Crippen LogP contribution in [0.15, 0.2) is 48.5 Å². The molecule has 0 saturated carbocycles. The molecular weight excluding hydrogens is 382 g/mol. The Hall–Kier alpha value is -3.35. The summed E-state index contributed by atoms with van der Waals surface area (Å²) < 4.78 is 5.39. The van der Waals surface area contributed by atoms with E-state index >= 15 is 0 Å². The summed E-state index contributed by atoms with van der Waals surface area (Å²) in [5.41, 5.74) is 6.91. The smallest absolute Gasteiger partial charge is 0.237 e. The van der Waals surface area contributed by atoms with Gasteiger partial charge < -0.3 is 20.7 Å². The van der Waals surface area contributed by atoms with E-state index < -0.39 is 17.4 Å². The van der Waals surface area contributed by atoms with Gasteiger partial charge in [0, 0.05) is 25.1 Å². The van der Waals surface area contributed by atoms with Crippen LogP contribution in [0.2, 0.25) is 0 Å². The second-order valence-corrected chi connectivity index (χ2v) is 7.81. The SMILES string of the molecule is COc1cccc([C@@H]2N(C(=O)CCCC(N)=O)CC[C@]23C(=O)Nc2ccccc23)c1. The number of fused-ring (bicyclic) bond motifs is 2. The molecule has 1 spiro atoms. The van der Waals surface area contributed by atoms with Crippen LogP contribution in [0.1, 0.15) is 42.9 Å². The molecule has 3 amide bonds. The average molecular weight is 407 g/mol. The lowest BCUT2D eigenvalue weighted by molar-refractivity contribution is -0.133. The first-order valence-corrected chi connectivity index (χ1v) is 10.1. The molecule has 2 aliphatic heterocycles. The van der Waals surface area contributed by atoms with E-state index in [1.54, 1.807) is 12.0 Å². The first-order chi connectivity index (χ1) is 14.5. The van der Waals surface area contributed by atoms with Gasteiger partial charge in [-0.05, 0) is 42.2 Å². The van der Waals surface area contributed by atoms with Crippen molar-refractivity contribution in [1.29, 1.82) is 0 Å². The Morgan fingerprint density at radius 2 is 2.00 bits per heavy atom. The first kappa shape index (κ1) is 19.9. The molecule has 4 rings (SSSR count). The molecule has 2 aromatic rings. The number of likely N-dealkylation sites (tertiary alicyclic amines) is 1. The van der Waals surface area contributed by atoms with E-state index in [2.05, 4.69) is 5.32 Å². The zero-order valence-corrected chi connectivity index (χ0v) is 16.9. The van der Waals surface area contributed by atoms with Crippen LogP contribution in [-0.2, 0) is 19.8 Å². The van der Waals surface area contributed by atoms with Crippen molar-refractivity contribution in [2.45, 2.75) is 37.1 Å². The monoisotopic (exact) mass is 407 g/mol. The number of primary amides is 1. The van der Waals surface area contributed by atoms with Gasteiger partial charge in [0.25, 0.3) is 0 Å². The molecule has 2 aliphatic rings. The van der Waals surface area contributed by atoms with E-state index in [-0.39, 0.29) is 24.7 Å². The average Bonchev–Trinajstić information content (AvgIpc) is 3.27. The molecule has 156 valence electrons. The molecule has 30 heavy (non-hydrogen) atoms. The zero-order valence-electron chi connectivity index (χ0n) is 16.9. The molecule has 3 N–H and O–H groups in total. The zero-order chi connectivity index (χ0) is 21.3. The van der Waals surface area contributed by atoms with Crippen LogP contribution in [0.4, 0.5) is 5.69 Å². The second-order valence-electron chi connectivity index (χ2n) is 7.81. The van der Waals surface area contributed by atoms with Crippen molar-refractivity contribution < 1.29 is 19.1 Å². The Kier molecular flexibility index (Phi) is 5.20. The third-order valence-corrected chi connectivity index (χ3v) is 6.13. The fourth-order valence-corrected chi connectivity index (χ4v) is 4.79. The highest BCUT2D eigenvalue weighted by Crippen LogP contribution is 2.55. The molecule has 0 bridgehead atoms. The summed E-state index contributed by atoms with van der Waals surface area (Å²) in [5, 5.41) is 3.01. The van der Waals surface area contributed by atoms with Gasteiger partial charge in [0.1, 0.15) is 11.2 Å². The van der Waals surface area contributed by atoms with Crippen LogP contribution < -0.4 is 15.8 Å². The molecule has 0 aromatic heterocycles. The standard InChI is InChI=1S/C23H25N3O4/c1-30-16-7-4-6-15(14-16)21-23(17-8-2-3-9-18(17)25-22(23)29)12-13-26(21)20(28)11-5-10-19(24)27/h2-4,6-9,14,21H,5,10-13H2,1H3,(H2,24,27)(H,25,29)/t21-,23+/m0/s1. The van der Waals surface area contributed by atoms with E-state index in [1.807, 2.05) is 48.5 Å². The third-order valence-electron chi connectivity index (χ3n) is 6.13. The van der Waals surface area contributed by atoms with Crippen molar-refractivity contribution in [1.82, 2.24) is 4.90 Å². The van der Waals surface area contributed by atoms with Gasteiger partial charge in [0.05, 0.1) is 13.2 Å². The van der Waals surface area contributed by atoms with Gasteiger partial charge in [-0.1, -0.05) is 30.3 Å². The number of rotatable bonds is 6. The molecule has 0 radical (unpaired) electrons. The topological polar surface area (TPSA) is 102 Å². The lowest BCUT2D eigenvalue weighted by Gasteiger charge is -2.34. The highest BCUT2D eigenvalue weighted by molar-refractivity contribution is 6.07. The fraction of sp³-hybridized carbons (Fsp3) is 0.348. The first-order valence-electron chi connectivity index (χ1n) is 10.1. The Morgan fingerprint density at radius 1 is 1.20 bits per heavy atom. The molecule has 7 heteroatoms. The number of nitrogens with one attached hydrogen (secondary N) is 1. The number of nitrogens with zero attached hydrogens (tertiary/aromatic N) is 1. The van der Waals surface area contributed by atoms with Gasteiger partial charge in [-0.2, -0.15) is 0 Å². The summed E-state index contributed by atoms with van der Waals surface area (Å²) in [6.07, 6.45) is 1.30. The summed E-state index contributed by atoms with van der Waals surface area (Å²) in [7, 11) is 1.59. The minimum atomic E-state index is -0.859. The lowest BCUT2D eigenvalue weighted by atomic mass is 9.72. The van der Waals surface area contributed by atoms with Crippen LogP contribution in [0, 0.1) is 0 Å².